The quantitative estimate of drug-likeness (QED) is 0.578. The Kier molecular flexibility index (Phi) is 7.79. The van der Waals surface area contributed by atoms with Crippen molar-refractivity contribution in [3.8, 4) is 5.75 Å². The van der Waals surface area contributed by atoms with Gasteiger partial charge >= 0.3 is 6.61 Å². The van der Waals surface area contributed by atoms with Crippen molar-refractivity contribution in [3.63, 3.8) is 0 Å². The molecule has 0 atom stereocenters. The molecule has 0 unspecified atom stereocenters. The number of hydrogen-bond donors (Lipinski definition) is 1. The summed E-state index contributed by atoms with van der Waals surface area (Å²) >= 11 is 0. The monoisotopic (exact) mass is 384 g/mol. The summed E-state index contributed by atoms with van der Waals surface area (Å²) in [6.45, 7) is 0.104. The zero-order chi connectivity index (χ0) is 19.9. The molecule has 8 heteroatoms. The van der Waals surface area contributed by atoms with E-state index in [0.29, 0.717) is 6.54 Å². The number of halogens is 2. The SMILES string of the molecule is CN=C(NCC1(N(C)C)CCOCC1)N(C)Cc1ccc(OC(F)F)cc1. The first kappa shape index (κ1) is 21.4. The zero-order valence-corrected chi connectivity index (χ0v) is 16.5. The van der Waals surface area contributed by atoms with Crippen molar-refractivity contribution in [1.29, 1.82) is 0 Å². The van der Waals surface area contributed by atoms with E-state index < -0.39 is 6.61 Å². The van der Waals surface area contributed by atoms with Crippen LogP contribution in [0.5, 0.6) is 5.75 Å². The van der Waals surface area contributed by atoms with Crippen LogP contribution in [0, 0.1) is 0 Å². The molecule has 152 valence electrons. The Balaban J connectivity index is 1.94. The van der Waals surface area contributed by atoms with Gasteiger partial charge in [-0.1, -0.05) is 12.1 Å². The zero-order valence-electron chi connectivity index (χ0n) is 16.5. The molecule has 1 aromatic carbocycles. The number of nitrogens with one attached hydrogen (secondary N) is 1. The van der Waals surface area contributed by atoms with E-state index in [2.05, 4.69) is 34.0 Å². The molecule has 1 saturated heterocycles. The molecule has 0 amide bonds. The largest absolute Gasteiger partial charge is 0.435 e. The molecule has 1 N–H and O–H groups in total. The predicted octanol–water partition coefficient (Wildman–Crippen LogP) is 2.41. The van der Waals surface area contributed by atoms with E-state index >= 15 is 0 Å². The van der Waals surface area contributed by atoms with Gasteiger partial charge in [-0.25, -0.2) is 0 Å². The Hall–Kier alpha value is -1.93. The summed E-state index contributed by atoms with van der Waals surface area (Å²) in [6.07, 6.45) is 1.94. The summed E-state index contributed by atoms with van der Waals surface area (Å²) in [5, 5.41) is 3.47. The summed E-state index contributed by atoms with van der Waals surface area (Å²) in [5.74, 6) is 0.946. The van der Waals surface area contributed by atoms with Crippen molar-refractivity contribution in [2.24, 2.45) is 4.99 Å². The fourth-order valence-corrected chi connectivity index (χ4v) is 3.29. The second kappa shape index (κ2) is 9.85. The van der Waals surface area contributed by atoms with Gasteiger partial charge in [-0.15, -0.1) is 0 Å². The molecule has 27 heavy (non-hydrogen) atoms. The van der Waals surface area contributed by atoms with Gasteiger partial charge in [0.2, 0.25) is 0 Å². The summed E-state index contributed by atoms with van der Waals surface area (Å²) in [4.78, 5) is 8.64. The van der Waals surface area contributed by atoms with Crippen molar-refractivity contribution in [2.45, 2.75) is 31.5 Å². The summed E-state index contributed by atoms with van der Waals surface area (Å²) < 4.78 is 34.4. The fourth-order valence-electron chi connectivity index (χ4n) is 3.29. The van der Waals surface area contributed by atoms with Crippen LogP contribution in [-0.4, -0.2) is 75.9 Å². The maximum absolute atomic E-state index is 12.2. The van der Waals surface area contributed by atoms with Gasteiger partial charge in [0.15, 0.2) is 5.96 Å². The van der Waals surface area contributed by atoms with E-state index in [1.165, 1.54) is 0 Å². The van der Waals surface area contributed by atoms with E-state index in [4.69, 9.17) is 4.74 Å². The topological polar surface area (TPSA) is 49.3 Å². The number of likely N-dealkylation sites (N-methyl/N-ethyl adjacent to an activating group) is 1. The van der Waals surface area contributed by atoms with Gasteiger partial charge in [0.25, 0.3) is 0 Å². The number of nitrogens with zero attached hydrogens (tertiary/aromatic N) is 3. The van der Waals surface area contributed by atoms with Gasteiger partial charge in [-0.05, 0) is 44.6 Å². The summed E-state index contributed by atoms with van der Waals surface area (Å²) in [7, 11) is 7.90. The van der Waals surface area contributed by atoms with E-state index in [0.717, 1.165) is 44.1 Å². The molecule has 1 fully saturated rings. The smallest absolute Gasteiger partial charge is 0.387 e. The molecular formula is C19H30F2N4O2. The third-order valence-corrected chi connectivity index (χ3v) is 5.09. The highest BCUT2D eigenvalue weighted by Gasteiger charge is 2.35. The number of guanidine groups is 1. The molecule has 1 aliphatic rings. The maximum atomic E-state index is 12.2. The van der Waals surface area contributed by atoms with Crippen molar-refractivity contribution < 1.29 is 18.3 Å². The van der Waals surface area contributed by atoms with Crippen LogP contribution >= 0.6 is 0 Å². The van der Waals surface area contributed by atoms with Crippen LogP contribution in [-0.2, 0) is 11.3 Å². The third kappa shape index (κ3) is 6.04. The molecule has 0 aliphatic carbocycles. The van der Waals surface area contributed by atoms with Gasteiger partial charge in [0.05, 0.1) is 0 Å². The number of hydrogen-bond acceptors (Lipinski definition) is 4. The highest BCUT2D eigenvalue weighted by molar-refractivity contribution is 5.79. The molecule has 1 aliphatic heterocycles. The Labute approximate surface area is 160 Å². The number of alkyl halides is 2. The number of benzene rings is 1. The van der Waals surface area contributed by atoms with Gasteiger partial charge in [0.1, 0.15) is 5.75 Å². The van der Waals surface area contributed by atoms with Gasteiger partial charge in [-0.3, -0.25) is 4.99 Å². The normalized spacial score (nSPS) is 17.3. The molecule has 2 rings (SSSR count). The van der Waals surface area contributed by atoms with Crippen LogP contribution in [0.25, 0.3) is 0 Å². The molecule has 0 saturated carbocycles. The summed E-state index contributed by atoms with van der Waals surface area (Å²) in [6, 6.07) is 6.66. The van der Waals surface area contributed by atoms with Crippen molar-refractivity contribution >= 4 is 5.96 Å². The highest BCUT2D eigenvalue weighted by Crippen LogP contribution is 2.25. The fraction of sp³-hybridized carbons (Fsp3) is 0.632. The van der Waals surface area contributed by atoms with Crippen molar-refractivity contribution in [2.75, 3.05) is 47.9 Å². The lowest BCUT2D eigenvalue weighted by atomic mass is 9.88. The van der Waals surface area contributed by atoms with Gasteiger partial charge in [0, 0.05) is 45.9 Å². The molecule has 0 spiro atoms. The number of rotatable bonds is 7. The minimum absolute atomic E-state index is 0.0449. The highest BCUT2D eigenvalue weighted by atomic mass is 19.3. The van der Waals surface area contributed by atoms with Gasteiger partial charge in [-0.2, -0.15) is 8.78 Å². The van der Waals surface area contributed by atoms with Crippen molar-refractivity contribution in [3.05, 3.63) is 29.8 Å². The van der Waals surface area contributed by atoms with Crippen LogP contribution in [0.15, 0.2) is 29.3 Å². The molecule has 0 radical (unpaired) electrons. The lowest BCUT2D eigenvalue weighted by Crippen LogP contribution is -2.57. The van der Waals surface area contributed by atoms with Crippen LogP contribution in [0.4, 0.5) is 8.78 Å². The first-order chi connectivity index (χ1) is 12.9. The van der Waals surface area contributed by atoms with Gasteiger partial charge < -0.3 is 24.6 Å². The standard InChI is InChI=1S/C19H30F2N4O2/c1-22-18(23-14-19(24(2)3)9-11-26-12-10-19)25(4)13-15-5-7-16(8-6-15)27-17(20)21/h5-8,17H,9-14H2,1-4H3,(H,22,23). The molecule has 0 aromatic heterocycles. The second-order valence-corrected chi connectivity index (χ2v) is 7.01. The van der Waals surface area contributed by atoms with Crippen LogP contribution in [0.3, 0.4) is 0 Å². The first-order valence-electron chi connectivity index (χ1n) is 9.07. The van der Waals surface area contributed by atoms with Crippen molar-refractivity contribution in [1.82, 2.24) is 15.1 Å². The van der Waals surface area contributed by atoms with Crippen LogP contribution in [0.2, 0.25) is 0 Å². The average Bonchev–Trinajstić information content (AvgIpc) is 2.64. The number of ether oxygens (including phenoxy) is 2. The Morgan fingerprint density at radius 1 is 1.22 bits per heavy atom. The average molecular weight is 384 g/mol. The molecule has 0 bridgehead atoms. The Morgan fingerprint density at radius 3 is 2.37 bits per heavy atom. The summed E-state index contributed by atoms with van der Waals surface area (Å²) in [5.41, 5.74) is 1.03. The minimum Gasteiger partial charge on any atom is -0.435 e. The lowest BCUT2D eigenvalue weighted by molar-refractivity contribution is -0.0498. The molecule has 1 aromatic rings. The first-order valence-corrected chi connectivity index (χ1v) is 9.07. The Bertz CT molecular complexity index is 602. The molecular weight excluding hydrogens is 354 g/mol. The predicted molar refractivity (Wildman–Crippen MR) is 102 cm³/mol. The van der Waals surface area contributed by atoms with E-state index in [9.17, 15) is 8.78 Å². The Morgan fingerprint density at radius 2 is 1.85 bits per heavy atom. The van der Waals surface area contributed by atoms with Crippen LogP contribution < -0.4 is 10.1 Å². The van der Waals surface area contributed by atoms with E-state index in [1.807, 2.05) is 11.9 Å². The van der Waals surface area contributed by atoms with E-state index in [1.54, 1.807) is 31.3 Å². The lowest BCUT2D eigenvalue weighted by Gasteiger charge is -2.43. The van der Waals surface area contributed by atoms with Crippen LogP contribution in [0.1, 0.15) is 18.4 Å². The third-order valence-electron chi connectivity index (χ3n) is 5.09. The molecule has 6 nitrogen and oxygen atoms in total. The number of aliphatic imine (C=N–C) groups is 1. The maximum Gasteiger partial charge on any atom is 0.387 e. The second-order valence-electron chi connectivity index (χ2n) is 7.01. The van der Waals surface area contributed by atoms with E-state index in [-0.39, 0.29) is 11.3 Å². The molecule has 1 heterocycles. The minimum atomic E-state index is -2.81.